The van der Waals surface area contributed by atoms with Crippen molar-refractivity contribution in [2.24, 2.45) is 16.1 Å². The molecule has 1 amide bonds. The standard InChI is InChI=1S/C25H35N5O2/c1-25(2,3)22(26)18-23(28-24(31)32-21-13-8-7-9-14-21)27-19-11-10-12-20(17-19)30(6)16-15-29(4)5/h7-14,17-18H,15-16,26H2,1-6H3,(H,27,28,31)/b22-18-. The lowest BCUT2D eigenvalue weighted by atomic mass is 9.92. The zero-order valence-corrected chi connectivity index (χ0v) is 19.9. The van der Waals surface area contributed by atoms with Gasteiger partial charge in [-0.2, -0.15) is 0 Å². The van der Waals surface area contributed by atoms with Gasteiger partial charge in [-0.1, -0.05) is 45.0 Å². The predicted octanol–water partition coefficient (Wildman–Crippen LogP) is 4.39. The first-order valence-electron chi connectivity index (χ1n) is 10.6. The number of benzene rings is 2. The second kappa shape index (κ2) is 11.3. The van der Waals surface area contributed by atoms with Crippen molar-refractivity contribution in [2.45, 2.75) is 20.8 Å². The Balaban J connectivity index is 2.28. The molecule has 0 saturated carbocycles. The highest BCUT2D eigenvalue weighted by Gasteiger charge is 2.16. The van der Waals surface area contributed by atoms with Crippen LogP contribution in [0.15, 0.2) is 71.4 Å². The minimum atomic E-state index is -0.632. The summed E-state index contributed by atoms with van der Waals surface area (Å²) in [6.07, 6.45) is 1.04. The van der Waals surface area contributed by atoms with E-state index in [1.807, 2.05) is 72.2 Å². The number of ether oxygens (including phenoxy) is 1. The maximum Gasteiger partial charge on any atom is 0.418 e. The predicted molar refractivity (Wildman–Crippen MR) is 133 cm³/mol. The van der Waals surface area contributed by atoms with Crippen molar-refractivity contribution in [1.29, 1.82) is 0 Å². The Labute approximate surface area is 191 Å². The minimum absolute atomic E-state index is 0.278. The molecule has 0 aliphatic carbocycles. The molecular weight excluding hydrogens is 402 g/mol. The molecule has 2 aromatic rings. The molecule has 0 saturated heterocycles. The van der Waals surface area contributed by atoms with Crippen molar-refractivity contribution in [2.75, 3.05) is 39.1 Å². The van der Waals surface area contributed by atoms with E-state index < -0.39 is 6.09 Å². The van der Waals surface area contributed by atoms with Crippen LogP contribution in [-0.2, 0) is 0 Å². The van der Waals surface area contributed by atoms with E-state index in [1.165, 1.54) is 0 Å². The number of nitrogens with one attached hydrogen (secondary N) is 1. The van der Waals surface area contributed by atoms with Crippen LogP contribution in [0.5, 0.6) is 5.75 Å². The van der Waals surface area contributed by atoms with Gasteiger partial charge in [0.05, 0.1) is 5.69 Å². The van der Waals surface area contributed by atoms with Crippen LogP contribution in [0, 0.1) is 5.41 Å². The van der Waals surface area contributed by atoms with E-state index in [1.54, 1.807) is 30.3 Å². The maximum absolute atomic E-state index is 12.5. The van der Waals surface area contributed by atoms with E-state index in [-0.39, 0.29) is 5.41 Å². The van der Waals surface area contributed by atoms with Crippen molar-refractivity contribution in [1.82, 2.24) is 10.2 Å². The number of amides is 1. The molecule has 7 nitrogen and oxygen atoms in total. The molecule has 0 atom stereocenters. The highest BCUT2D eigenvalue weighted by molar-refractivity contribution is 6.04. The Morgan fingerprint density at radius 1 is 1.06 bits per heavy atom. The molecule has 32 heavy (non-hydrogen) atoms. The Bertz CT molecular complexity index is 946. The summed E-state index contributed by atoms with van der Waals surface area (Å²) in [6, 6.07) is 16.7. The highest BCUT2D eigenvalue weighted by atomic mass is 16.6. The van der Waals surface area contributed by atoms with E-state index >= 15 is 0 Å². The lowest BCUT2D eigenvalue weighted by Crippen LogP contribution is -2.33. The lowest BCUT2D eigenvalue weighted by Gasteiger charge is -2.22. The van der Waals surface area contributed by atoms with E-state index in [4.69, 9.17) is 10.5 Å². The number of likely N-dealkylation sites (N-methyl/N-ethyl adjacent to an activating group) is 2. The molecule has 0 unspecified atom stereocenters. The largest absolute Gasteiger partial charge is 0.418 e. The number of nitrogens with zero attached hydrogens (tertiary/aromatic N) is 3. The number of nitrogens with two attached hydrogens (primary N) is 1. The van der Waals surface area contributed by atoms with Gasteiger partial charge in [0.1, 0.15) is 11.6 Å². The second-order valence-electron chi connectivity index (χ2n) is 8.92. The molecule has 0 radical (unpaired) electrons. The lowest BCUT2D eigenvalue weighted by molar-refractivity contribution is 0.206. The molecule has 0 aliphatic heterocycles. The smallest absolute Gasteiger partial charge is 0.410 e. The van der Waals surface area contributed by atoms with Gasteiger partial charge in [0.2, 0.25) is 0 Å². The number of rotatable bonds is 7. The van der Waals surface area contributed by atoms with Gasteiger partial charge in [-0.3, -0.25) is 5.32 Å². The minimum Gasteiger partial charge on any atom is -0.410 e. The number of amidine groups is 1. The van der Waals surface area contributed by atoms with E-state index in [2.05, 4.69) is 20.1 Å². The van der Waals surface area contributed by atoms with Crippen LogP contribution >= 0.6 is 0 Å². The molecule has 0 bridgehead atoms. The van der Waals surface area contributed by atoms with Crippen LogP contribution in [0.25, 0.3) is 0 Å². The first kappa shape index (κ1) is 24.9. The molecule has 3 N–H and O–H groups in total. The van der Waals surface area contributed by atoms with Crippen LogP contribution in [-0.4, -0.2) is 51.1 Å². The van der Waals surface area contributed by atoms with Crippen LogP contribution in [0.3, 0.4) is 0 Å². The van der Waals surface area contributed by atoms with Gasteiger partial charge in [0.25, 0.3) is 0 Å². The van der Waals surface area contributed by atoms with Crippen molar-refractivity contribution in [3.63, 3.8) is 0 Å². The van der Waals surface area contributed by atoms with E-state index in [9.17, 15) is 4.79 Å². The summed E-state index contributed by atoms with van der Waals surface area (Å²) < 4.78 is 5.35. The SMILES string of the molecule is CN(C)CCN(C)c1cccc(N=C(/C=C(\N)C(C)(C)C)NC(=O)Oc2ccccc2)c1. The molecule has 2 aromatic carbocycles. The van der Waals surface area contributed by atoms with Gasteiger partial charge in [0, 0.05) is 43.0 Å². The molecule has 0 aliphatic rings. The molecule has 0 fully saturated rings. The van der Waals surface area contributed by atoms with Crippen molar-refractivity contribution < 1.29 is 9.53 Å². The maximum atomic E-state index is 12.5. The number of hydrogen-bond donors (Lipinski definition) is 2. The number of carbonyl (C=O) groups excluding carboxylic acids is 1. The number of para-hydroxylation sites is 1. The van der Waals surface area contributed by atoms with Gasteiger partial charge in [-0.05, 0) is 44.4 Å². The molecular formula is C25H35N5O2. The van der Waals surface area contributed by atoms with Gasteiger partial charge in [-0.25, -0.2) is 9.79 Å². The number of allylic oxidation sites excluding steroid dienone is 1. The Morgan fingerprint density at radius 2 is 1.75 bits per heavy atom. The van der Waals surface area contributed by atoms with Crippen LogP contribution < -0.4 is 20.7 Å². The third kappa shape index (κ3) is 8.43. The Hall–Kier alpha value is -3.32. The van der Waals surface area contributed by atoms with Crippen molar-refractivity contribution >= 4 is 23.3 Å². The summed E-state index contributed by atoms with van der Waals surface area (Å²) in [5.74, 6) is 0.757. The summed E-state index contributed by atoms with van der Waals surface area (Å²) in [4.78, 5) is 21.4. The Morgan fingerprint density at radius 3 is 2.38 bits per heavy atom. The third-order valence-corrected chi connectivity index (χ3v) is 4.74. The first-order valence-corrected chi connectivity index (χ1v) is 10.6. The average molecular weight is 438 g/mol. The topological polar surface area (TPSA) is 83.2 Å². The molecule has 7 heteroatoms. The number of hydrogen-bond acceptors (Lipinski definition) is 6. The summed E-state index contributed by atoms with van der Waals surface area (Å²) >= 11 is 0. The van der Waals surface area contributed by atoms with Crippen LogP contribution in [0.1, 0.15) is 20.8 Å². The fourth-order valence-corrected chi connectivity index (χ4v) is 2.60. The average Bonchev–Trinajstić information content (AvgIpc) is 2.72. The number of anilines is 1. The van der Waals surface area contributed by atoms with Gasteiger partial charge < -0.3 is 20.3 Å². The summed E-state index contributed by atoms with van der Waals surface area (Å²) in [7, 11) is 6.14. The highest BCUT2D eigenvalue weighted by Crippen LogP contribution is 2.23. The zero-order chi connectivity index (χ0) is 23.7. The monoisotopic (exact) mass is 437 g/mol. The number of carbonyl (C=O) groups is 1. The fourth-order valence-electron chi connectivity index (χ4n) is 2.60. The molecule has 2 rings (SSSR count). The molecule has 172 valence electrons. The quantitative estimate of drug-likeness (QED) is 0.496. The first-order chi connectivity index (χ1) is 15.0. The summed E-state index contributed by atoms with van der Waals surface area (Å²) in [5.41, 5.74) is 8.31. The number of aliphatic imine (C=N–C) groups is 1. The summed E-state index contributed by atoms with van der Waals surface area (Å²) in [5, 5.41) is 2.72. The van der Waals surface area contributed by atoms with Crippen molar-refractivity contribution in [3.05, 3.63) is 66.4 Å². The van der Waals surface area contributed by atoms with E-state index in [0.29, 0.717) is 23.0 Å². The molecule has 0 spiro atoms. The van der Waals surface area contributed by atoms with E-state index in [0.717, 1.165) is 18.8 Å². The summed E-state index contributed by atoms with van der Waals surface area (Å²) in [6.45, 7) is 7.82. The molecule has 0 aromatic heterocycles. The molecule has 0 heterocycles. The normalized spacial score (nSPS) is 12.6. The second-order valence-corrected chi connectivity index (χ2v) is 8.92. The van der Waals surface area contributed by atoms with Crippen molar-refractivity contribution in [3.8, 4) is 5.75 Å². The van der Waals surface area contributed by atoms with Gasteiger partial charge >= 0.3 is 6.09 Å². The Kier molecular flexibility index (Phi) is 8.84. The van der Waals surface area contributed by atoms with Gasteiger partial charge in [0.15, 0.2) is 0 Å². The van der Waals surface area contributed by atoms with Gasteiger partial charge in [-0.15, -0.1) is 0 Å². The zero-order valence-electron chi connectivity index (χ0n) is 19.9. The van der Waals surface area contributed by atoms with Crippen LogP contribution in [0.2, 0.25) is 0 Å². The van der Waals surface area contributed by atoms with Crippen LogP contribution in [0.4, 0.5) is 16.2 Å². The third-order valence-electron chi connectivity index (χ3n) is 4.74. The fraction of sp³-hybridized carbons (Fsp3) is 0.360.